The molecular weight excluding hydrogens is 156 g/mol. The van der Waals surface area contributed by atoms with Gasteiger partial charge in [-0.15, -0.1) is 0 Å². The van der Waals surface area contributed by atoms with Crippen molar-refractivity contribution in [2.75, 3.05) is 13.2 Å². The lowest BCUT2D eigenvalue weighted by atomic mass is 9.93. The van der Waals surface area contributed by atoms with Gasteiger partial charge in [0, 0.05) is 24.7 Å². The summed E-state index contributed by atoms with van der Waals surface area (Å²) in [6.45, 7) is 1.41. The van der Waals surface area contributed by atoms with Gasteiger partial charge in [0.1, 0.15) is 5.78 Å². The summed E-state index contributed by atoms with van der Waals surface area (Å²) in [6.07, 6.45) is 2.50. The number of ketones is 1. The molecule has 0 N–H and O–H groups in total. The average molecular weight is 168 g/mol. The third kappa shape index (κ3) is 0.709. The van der Waals surface area contributed by atoms with Gasteiger partial charge < -0.3 is 9.47 Å². The number of Topliss-reactive ketones (excluding diaryl/α,β-unsaturated/α-hetero) is 1. The van der Waals surface area contributed by atoms with E-state index in [1.807, 2.05) is 0 Å². The molecule has 1 spiro atoms. The zero-order chi connectivity index (χ0) is 8.18. The zero-order valence-corrected chi connectivity index (χ0v) is 6.91. The van der Waals surface area contributed by atoms with E-state index in [-0.39, 0.29) is 11.7 Å². The highest BCUT2D eigenvalue weighted by Gasteiger charge is 2.58. The van der Waals surface area contributed by atoms with Crippen molar-refractivity contribution in [2.24, 2.45) is 11.8 Å². The van der Waals surface area contributed by atoms with Crippen molar-refractivity contribution in [3.63, 3.8) is 0 Å². The van der Waals surface area contributed by atoms with Crippen molar-refractivity contribution >= 4 is 5.78 Å². The normalized spacial score (nSPS) is 43.2. The van der Waals surface area contributed by atoms with Crippen molar-refractivity contribution in [2.45, 2.75) is 25.0 Å². The van der Waals surface area contributed by atoms with E-state index in [0.29, 0.717) is 31.3 Å². The monoisotopic (exact) mass is 168 g/mol. The van der Waals surface area contributed by atoms with Gasteiger partial charge in [-0.1, -0.05) is 0 Å². The largest absolute Gasteiger partial charge is 0.347 e. The quantitative estimate of drug-likeness (QED) is 0.535. The van der Waals surface area contributed by atoms with Gasteiger partial charge in [-0.3, -0.25) is 4.79 Å². The molecule has 2 bridgehead atoms. The second-order valence-corrected chi connectivity index (χ2v) is 4.01. The number of carbonyl (C=O) groups excluding carboxylic acids is 1. The van der Waals surface area contributed by atoms with Gasteiger partial charge >= 0.3 is 0 Å². The summed E-state index contributed by atoms with van der Waals surface area (Å²) < 4.78 is 11.2. The molecule has 2 saturated carbocycles. The van der Waals surface area contributed by atoms with E-state index < -0.39 is 0 Å². The fourth-order valence-corrected chi connectivity index (χ4v) is 2.83. The summed E-state index contributed by atoms with van der Waals surface area (Å²) in [5.74, 6) is 0.689. The lowest BCUT2D eigenvalue weighted by Crippen LogP contribution is -2.38. The SMILES string of the molecule is O=C1CC2CC1CC21OCCO1. The number of fused-ring (bicyclic) bond motifs is 3. The fraction of sp³-hybridized carbons (Fsp3) is 0.889. The Bertz CT molecular complexity index is 230. The molecule has 3 heteroatoms. The van der Waals surface area contributed by atoms with E-state index in [4.69, 9.17) is 9.47 Å². The molecule has 3 aliphatic rings. The first-order chi connectivity index (χ1) is 5.80. The number of carbonyl (C=O) groups is 1. The van der Waals surface area contributed by atoms with Crippen LogP contribution in [0.3, 0.4) is 0 Å². The van der Waals surface area contributed by atoms with Gasteiger partial charge in [0.25, 0.3) is 0 Å². The van der Waals surface area contributed by atoms with Crippen LogP contribution in [-0.2, 0) is 14.3 Å². The Morgan fingerprint density at radius 2 is 2.08 bits per heavy atom. The van der Waals surface area contributed by atoms with Crippen LogP contribution in [0.4, 0.5) is 0 Å². The van der Waals surface area contributed by atoms with Gasteiger partial charge in [-0.05, 0) is 6.42 Å². The van der Waals surface area contributed by atoms with Crippen molar-refractivity contribution in [1.82, 2.24) is 0 Å². The maximum atomic E-state index is 11.3. The molecule has 3 fully saturated rings. The predicted molar refractivity (Wildman–Crippen MR) is 40.5 cm³/mol. The number of rotatable bonds is 0. The van der Waals surface area contributed by atoms with Crippen molar-refractivity contribution in [1.29, 1.82) is 0 Å². The third-order valence-electron chi connectivity index (χ3n) is 3.40. The minimum absolute atomic E-state index is 0.244. The van der Waals surface area contributed by atoms with Gasteiger partial charge in [0.15, 0.2) is 5.79 Å². The summed E-state index contributed by atoms with van der Waals surface area (Å²) in [5, 5.41) is 0. The number of ether oxygens (including phenoxy) is 2. The molecular formula is C9H12O3. The molecule has 0 radical (unpaired) electrons. The molecule has 1 aliphatic heterocycles. The molecule has 0 aromatic heterocycles. The Morgan fingerprint density at radius 3 is 2.58 bits per heavy atom. The molecule has 12 heavy (non-hydrogen) atoms. The van der Waals surface area contributed by atoms with Crippen molar-refractivity contribution < 1.29 is 14.3 Å². The fourth-order valence-electron chi connectivity index (χ4n) is 2.83. The first-order valence-electron chi connectivity index (χ1n) is 4.61. The van der Waals surface area contributed by atoms with E-state index in [2.05, 4.69) is 0 Å². The van der Waals surface area contributed by atoms with E-state index in [1.54, 1.807) is 0 Å². The van der Waals surface area contributed by atoms with E-state index >= 15 is 0 Å². The highest BCUT2D eigenvalue weighted by atomic mass is 16.7. The molecule has 2 unspecified atom stereocenters. The van der Waals surface area contributed by atoms with Crippen LogP contribution in [0, 0.1) is 11.8 Å². The first-order valence-corrected chi connectivity index (χ1v) is 4.61. The number of hydrogen-bond acceptors (Lipinski definition) is 3. The molecule has 3 rings (SSSR count). The van der Waals surface area contributed by atoms with Crippen molar-refractivity contribution in [3.8, 4) is 0 Å². The highest BCUT2D eigenvalue weighted by molar-refractivity contribution is 5.84. The molecule has 1 heterocycles. The summed E-state index contributed by atoms with van der Waals surface area (Å²) >= 11 is 0. The molecule has 0 aromatic rings. The minimum Gasteiger partial charge on any atom is -0.347 e. The van der Waals surface area contributed by atoms with Crippen LogP contribution in [0.1, 0.15) is 19.3 Å². The van der Waals surface area contributed by atoms with Crippen LogP contribution in [0.2, 0.25) is 0 Å². The maximum Gasteiger partial charge on any atom is 0.172 e. The lowest BCUT2D eigenvalue weighted by molar-refractivity contribution is -0.191. The molecule has 2 atom stereocenters. The molecule has 66 valence electrons. The molecule has 0 amide bonds. The molecule has 2 aliphatic carbocycles. The van der Waals surface area contributed by atoms with E-state index in [1.165, 1.54) is 0 Å². The highest BCUT2D eigenvalue weighted by Crippen LogP contribution is 2.52. The van der Waals surface area contributed by atoms with Gasteiger partial charge in [-0.2, -0.15) is 0 Å². The average Bonchev–Trinajstić information content (AvgIpc) is 2.68. The van der Waals surface area contributed by atoms with Crippen LogP contribution in [0.5, 0.6) is 0 Å². The number of hydrogen-bond donors (Lipinski definition) is 0. The van der Waals surface area contributed by atoms with E-state index in [0.717, 1.165) is 12.8 Å². The van der Waals surface area contributed by atoms with Crippen LogP contribution in [0.25, 0.3) is 0 Å². The predicted octanol–water partition coefficient (Wildman–Crippen LogP) is 0.728. The Balaban J connectivity index is 1.89. The summed E-state index contributed by atoms with van der Waals surface area (Å²) in [5.41, 5.74) is 0. The third-order valence-corrected chi connectivity index (χ3v) is 3.40. The van der Waals surface area contributed by atoms with Gasteiger partial charge in [0.05, 0.1) is 13.2 Å². The van der Waals surface area contributed by atoms with Gasteiger partial charge in [-0.25, -0.2) is 0 Å². The van der Waals surface area contributed by atoms with Crippen LogP contribution in [0.15, 0.2) is 0 Å². The Morgan fingerprint density at radius 1 is 1.33 bits per heavy atom. The van der Waals surface area contributed by atoms with Crippen LogP contribution >= 0.6 is 0 Å². The molecule has 0 aromatic carbocycles. The summed E-state index contributed by atoms with van der Waals surface area (Å²) in [6, 6.07) is 0. The van der Waals surface area contributed by atoms with Crippen molar-refractivity contribution in [3.05, 3.63) is 0 Å². The maximum absolute atomic E-state index is 11.3. The van der Waals surface area contributed by atoms with Crippen LogP contribution < -0.4 is 0 Å². The molecule has 3 nitrogen and oxygen atoms in total. The second-order valence-electron chi connectivity index (χ2n) is 4.01. The van der Waals surface area contributed by atoms with Crippen LogP contribution in [-0.4, -0.2) is 24.8 Å². The minimum atomic E-state index is -0.335. The Labute approximate surface area is 71.0 Å². The van der Waals surface area contributed by atoms with E-state index in [9.17, 15) is 4.79 Å². The standard InChI is InChI=1S/C9H12O3/c10-8-4-7-3-6(8)5-9(7)11-1-2-12-9/h6-7H,1-5H2. The second kappa shape index (κ2) is 2.09. The van der Waals surface area contributed by atoms with Gasteiger partial charge in [0.2, 0.25) is 0 Å². The Kier molecular flexibility index (Phi) is 1.23. The Hall–Kier alpha value is -0.410. The smallest absolute Gasteiger partial charge is 0.172 e. The molecule has 1 saturated heterocycles. The summed E-state index contributed by atoms with van der Waals surface area (Å²) in [7, 11) is 0. The first kappa shape index (κ1) is 7.04. The zero-order valence-electron chi connectivity index (χ0n) is 6.91. The lowest BCUT2D eigenvalue weighted by Gasteiger charge is -2.30. The summed E-state index contributed by atoms with van der Waals surface area (Å²) in [4.78, 5) is 11.3. The topological polar surface area (TPSA) is 35.5 Å².